The molecule has 0 bridgehead atoms. The van der Waals surface area contributed by atoms with Crippen LogP contribution in [0.3, 0.4) is 0 Å². The zero-order chi connectivity index (χ0) is 21.2. The Kier molecular flexibility index (Phi) is 6.48. The minimum absolute atomic E-state index is 0.182. The number of aromatic nitrogens is 1. The molecule has 0 spiro atoms. The molecule has 2 aromatic rings. The predicted molar refractivity (Wildman–Crippen MR) is 105 cm³/mol. The molecule has 0 aliphatic heterocycles. The number of ketones is 1. The smallest absolute Gasteiger partial charge is 0.355 e. The number of carbonyl (C=O) groups excluding carboxylic acids is 3. The number of nitrogens with zero attached hydrogens (tertiary/aromatic N) is 2. The van der Waals surface area contributed by atoms with Crippen molar-refractivity contribution in [3.05, 3.63) is 46.7 Å². The van der Waals surface area contributed by atoms with Gasteiger partial charge in [-0.3, -0.25) is 9.59 Å². The van der Waals surface area contributed by atoms with Gasteiger partial charge < -0.3 is 18.6 Å². The molecular formula is C21H28N2O5. The second-order valence-electron chi connectivity index (χ2n) is 7.04. The van der Waals surface area contributed by atoms with Crippen molar-refractivity contribution in [2.45, 2.75) is 53.6 Å². The molecule has 0 fully saturated rings. The normalized spacial score (nSPS) is 12.1. The minimum atomic E-state index is -0.729. The average molecular weight is 388 g/mol. The number of hydrogen-bond donors (Lipinski definition) is 0. The number of esters is 1. The third-order valence-corrected chi connectivity index (χ3v) is 4.97. The molecule has 152 valence electrons. The number of ether oxygens (including phenoxy) is 1. The average Bonchev–Trinajstić information content (AvgIpc) is 3.22. The highest BCUT2D eigenvalue weighted by Crippen LogP contribution is 2.26. The van der Waals surface area contributed by atoms with Gasteiger partial charge in [-0.1, -0.05) is 0 Å². The molecule has 2 heterocycles. The first-order chi connectivity index (χ1) is 13.1. The van der Waals surface area contributed by atoms with Gasteiger partial charge in [-0.05, 0) is 59.2 Å². The molecule has 2 aromatic heterocycles. The number of hydrogen-bond acceptors (Lipinski definition) is 5. The second-order valence-corrected chi connectivity index (χ2v) is 7.04. The number of amides is 1. The SMILES string of the molecule is CCOC(=O)c1c(C)c(C(=O)C(C)N(C(=O)c2ccco2)C(C)C)c(C)n1C. The fourth-order valence-electron chi connectivity index (χ4n) is 3.55. The maximum atomic E-state index is 13.4. The van der Waals surface area contributed by atoms with Crippen molar-refractivity contribution in [1.29, 1.82) is 0 Å². The van der Waals surface area contributed by atoms with Crippen molar-refractivity contribution in [3.63, 3.8) is 0 Å². The standard InChI is InChI=1S/C21H28N2O5/c1-8-27-21(26)18-13(4)17(14(5)22(18)7)19(24)15(6)23(12(2)3)20(25)16-10-9-11-28-16/h9-12,15H,8H2,1-7H3. The molecule has 7 heteroatoms. The largest absolute Gasteiger partial charge is 0.461 e. The summed E-state index contributed by atoms with van der Waals surface area (Å²) in [6.07, 6.45) is 1.43. The van der Waals surface area contributed by atoms with E-state index >= 15 is 0 Å². The molecule has 1 atom stereocenters. The van der Waals surface area contributed by atoms with Crippen molar-refractivity contribution in [3.8, 4) is 0 Å². The lowest BCUT2D eigenvalue weighted by Gasteiger charge is -2.31. The summed E-state index contributed by atoms with van der Waals surface area (Å²) in [5.74, 6) is -0.862. The Balaban J connectivity index is 2.45. The number of rotatable bonds is 7. The summed E-state index contributed by atoms with van der Waals surface area (Å²) in [6.45, 7) is 10.9. The van der Waals surface area contributed by atoms with Crippen LogP contribution in [0.4, 0.5) is 0 Å². The lowest BCUT2D eigenvalue weighted by atomic mass is 9.99. The van der Waals surface area contributed by atoms with Crippen LogP contribution in [0.2, 0.25) is 0 Å². The van der Waals surface area contributed by atoms with Gasteiger partial charge in [0.25, 0.3) is 5.91 Å². The number of carbonyl (C=O) groups is 3. The van der Waals surface area contributed by atoms with Crippen molar-refractivity contribution in [2.75, 3.05) is 6.61 Å². The van der Waals surface area contributed by atoms with Crippen LogP contribution in [0, 0.1) is 13.8 Å². The summed E-state index contributed by atoms with van der Waals surface area (Å²) in [7, 11) is 1.73. The first-order valence-corrected chi connectivity index (χ1v) is 9.36. The Bertz CT molecular complexity index is 877. The molecule has 7 nitrogen and oxygen atoms in total. The van der Waals surface area contributed by atoms with Crippen molar-refractivity contribution in [2.24, 2.45) is 7.05 Å². The topological polar surface area (TPSA) is 81.8 Å². The predicted octanol–water partition coefficient (Wildman–Crippen LogP) is 3.53. The van der Waals surface area contributed by atoms with Crippen molar-refractivity contribution in [1.82, 2.24) is 9.47 Å². The van der Waals surface area contributed by atoms with Gasteiger partial charge in [0.1, 0.15) is 5.69 Å². The van der Waals surface area contributed by atoms with Crippen molar-refractivity contribution >= 4 is 17.7 Å². The first-order valence-electron chi connectivity index (χ1n) is 9.36. The Labute approximate surface area is 165 Å². The quantitative estimate of drug-likeness (QED) is 0.535. The van der Waals surface area contributed by atoms with Gasteiger partial charge in [-0.15, -0.1) is 0 Å². The van der Waals surface area contributed by atoms with Crippen LogP contribution in [0.1, 0.15) is 70.4 Å². The summed E-state index contributed by atoms with van der Waals surface area (Å²) >= 11 is 0. The number of furan rings is 1. The lowest BCUT2D eigenvalue weighted by molar-refractivity contribution is 0.0512. The molecule has 0 saturated carbocycles. The van der Waals surface area contributed by atoms with E-state index in [1.165, 1.54) is 11.2 Å². The highest BCUT2D eigenvalue weighted by Gasteiger charge is 2.34. The van der Waals surface area contributed by atoms with Gasteiger partial charge in [0.2, 0.25) is 0 Å². The van der Waals surface area contributed by atoms with E-state index in [1.807, 2.05) is 13.8 Å². The van der Waals surface area contributed by atoms with E-state index in [2.05, 4.69) is 0 Å². The molecule has 28 heavy (non-hydrogen) atoms. The van der Waals surface area contributed by atoms with Gasteiger partial charge in [0.15, 0.2) is 11.5 Å². The van der Waals surface area contributed by atoms with E-state index < -0.39 is 12.0 Å². The van der Waals surface area contributed by atoms with Crippen LogP contribution >= 0.6 is 0 Å². The van der Waals surface area contributed by atoms with Crippen LogP contribution < -0.4 is 0 Å². The van der Waals surface area contributed by atoms with E-state index in [1.54, 1.807) is 51.4 Å². The summed E-state index contributed by atoms with van der Waals surface area (Å²) in [4.78, 5) is 40.0. The van der Waals surface area contributed by atoms with Crippen LogP contribution in [-0.2, 0) is 11.8 Å². The minimum Gasteiger partial charge on any atom is -0.461 e. The third-order valence-electron chi connectivity index (χ3n) is 4.97. The monoisotopic (exact) mass is 388 g/mol. The van der Waals surface area contributed by atoms with E-state index in [-0.39, 0.29) is 30.1 Å². The van der Waals surface area contributed by atoms with E-state index in [0.717, 1.165) is 0 Å². The lowest BCUT2D eigenvalue weighted by Crippen LogP contribution is -2.47. The van der Waals surface area contributed by atoms with Crippen LogP contribution in [0.15, 0.2) is 22.8 Å². The maximum absolute atomic E-state index is 13.4. The molecule has 1 unspecified atom stereocenters. The van der Waals surface area contributed by atoms with Gasteiger partial charge in [0.05, 0.1) is 18.9 Å². The zero-order valence-electron chi connectivity index (χ0n) is 17.5. The Morgan fingerprint density at radius 1 is 1.21 bits per heavy atom. The Morgan fingerprint density at radius 2 is 1.86 bits per heavy atom. The molecule has 0 radical (unpaired) electrons. The Morgan fingerprint density at radius 3 is 2.36 bits per heavy atom. The zero-order valence-corrected chi connectivity index (χ0v) is 17.5. The Hall–Kier alpha value is -2.83. The molecule has 2 rings (SSSR count). The van der Waals surface area contributed by atoms with Gasteiger partial charge in [-0.2, -0.15) is 0 Å². The summed E-state index contributed by atoms with van der Waals surface area (Å²) in [5.41, 5.74) is 2.01. The van der Waals surface area contributed by atoms with Gasteiger partial charge in [0, 0.05) is 24.3 Å². The summed E-state index contributed by atoms with van der Waals surface area (Å²) in [5, 5.41) is 0. The van der Waals surface area contributed by atoms with Gasteiger partial charge >= 0.3 is 5.97 Å². The summed E-state index contributed by atoms with van der Waals surface area (Å²) < 4.78 is 12.0. The molecule has 0 aromatic carbocycles. The second kappa shape index (κ2) is 8.46. The first kappa shape index (κ1) is 21.5. The van der Waals surface area contributed by atoms with Crippen LogP contribution in [0.5, 0.6) is 0 Å². The molecule has 0 saturated heterocycles. The molecular weight excluding hydrogens is 360 g/mol. The molecule has 1 amide bonds. The third kappa shape index (κ3) is 3.74. The van der Waals surface area contributed by atoms with Crippen LogP contribution in [0.25, 0.3) is 0 Å². The highest BCUT2D eigenvalue weighted by molar-refractivity contribution is 6.07. The van der Waals surface area contributed by atoms with E-state index in [4.69, 9.17) is 9.15 Å². The van der Waals surface area contributed by atoms with Crippen molar-refractivity contribution < 1.29 is 23.5 Å². The molecule has 0 aliphatic rings. The highest BCUT2D eigenvalue weighted by atomic mass is 16.5. The van der Waals surface area contributed by atoms with E-state index in [9.17, 15) is 14.4 Å². The number of Topliss-reactive ketones (excluding diaryl/α,β-unsaturated/α-hetero) is 1. The van der Waals surface area contributed by atoms with E-state index in [0.29, 0.717) is 22.5 Å². The fourth-order valence-corrected chi connectivity index (χ4v) is 3.55. The fraction of sp³-hybridized carbons (Fsp3) is 0.476. The van der Waals surface area contributed by atoms with Crippen LogP contribution in [-0.4, -0.2) is 45.8 Å². The van der Waals surface area contributed by atoms with Gasteiger partial charge in [-0.25, -0.2) is 4.79 Å². The molecule has 0 N–H and O–H groups in total. The molecule has 0 aliphatic carbocycles. The maximum Gasteiger partial charge on any atom is 0.355 e. The summed E-state index contributed by atoms with van der Waals surface area (Å²) in [6, 6.07) is 2.26.